The Morgan fingerprint density at radius 3 is 2.22 bits per heavy atom. The molecule has 0 spiro atoms. The number of ketones is 1. The fourth-order valence-corrected chi connectivity index (χ4v) is 3.58. The van der Waals surface area contributed by atoms with E-state index in [0.717, 1.165) is 15.4 Å². The van der Waals surface area contributed by atoms with Gasteiger partial charge < -0.3 is 0 Å². The maximum absolute atomic E-state index is 12.5. The molecule has 0 radical (unpaired) electrons. The van der Waals surface area contributed by atoms with Crippen molar-refractivity contribution in [2.75, 3.05) is 14.1 Å². The first kappa shape index (κ1) is 17.8. The summed E-state index contributed by atoms with van der Waals surface area (Å²) >= 11 is 3.43. The minimum absolute atomic E-state index is 0.107. The van der Waals surface area contributed by atoms with Crippen molar-refractivity contribution in [3.63, 3.8) is 0 Å². The van der Waals surface area contributed by atoms with Crippen LogP contribution in [0.2, 0.25) is 0 Å². The summed E-state index contributed by atoms with van der Waals surface area (Å²) in [5, 5.41) is 0. The first-order valence-corrected chi connectivity index (χ1v) is 9.36. The SMILES string of the molecule is Cc1cccc(C(Br)C(=O)c2ccc(S(=O)(=O)N(C)C)cc2)c1. The molecule has 0 fully saturated rings. The maximum Gasteiger partial charge on any atom is 0.242 e. The molecule has 0 N–H and O–H groups in total. The van der Waals surface area contributed by atoms with Gasteiger partial charge in [0.2, 0.25) is 10.0 Å². The largest absolute Gasteiger partial charge is 0.293 e. The van der Waals surface area contributed by atoms with Gasteiger partial charge in [0.15, 0.2) is 5.78 Å². The van der Waals surface area contributed by atoms with Crippen LogP contribution in [0, 0.1) is 6.92 Å². The fourth-order valence-electron chi connectivity index (χ4n) is 2.13. The van der Waals surface area contributed by atoms with Crippen molar-refractivity contribution in [3.8, 4) is 0 Å². The second kappa shape index (κ2) is 6.95. The number of nitrogens with zero attached hydrogens (tertiary/aromatic N) is 1. The Morgan fingerprint density at radius 2 is 1.70 bits per heavy atom. The molecule has 0 amide bonds. The Labute approximate surface area is 145 Å². The number of aryl methyl sites for hydroxylation is 1. The lowest BCUT2D eigenvalue weighted by Crippen LogP contribution is -2.22. The van der Waals surface area contributed by atoms with E-state index >= 15 is 0 Å². The standard InChI is InChI=1S/C17H18BrNO3S/c1-12-5-4-6-14(11-12)16(18)17(20)13-7-9-15(10-8-13)23(21,22)19(2)3/h4-11,16H,1-3H3. The van der Waals surface area contributed by atoms with Gasteiger partial charge >= 0.3 is 0 Å². The van der Waals surface area contributed by atoms with Gasteiger partial charge in [0.25, 0.3) is 0 Å². The van der Waals surface area contributed by atoms with Gasteiger partial charge in [-0.2, -0.15) is 0 Å². The third kappa shape index (κ3) is 3.88. The van der Waals surface area contributed by atoms with Crippen molar-refractivity contribution in [2.45, 2.75) is 16.6 Å². The molecule has 2 rings (SSSR count). The molecule has 4 nitrogen and oxygen atoms in total. The highest BCUT2D eigenvalue weighted by Gasteiger charge is 2.21. The summed E-state index contributed by atoms with van der Waals surface area (Å²) in [4.78, 5) is 12.3. The molecule has 6 heteroatoms. The van der Waals surface area contributed by atoms with Crippen LogP contribution in [0.25, 0.3) is 0 Å². The number of benzene rings is 2. The van der Waals surface area contributed by atoms with Gasteiger partial charge in [-0.1, -0.05) is 57.9 Å². The average molecular weight is 396 g/mol. The van der Waals surface area contributed by atoms with Crippen LogP contribution in [0.15, 0.2) is 53.4 Å². The van der Waals surface area contributed by atoms with Crippen molar-refractivity contribution >= 4 is 31.7 Å². The molecule has 0 bridgehead atoms. The van der Waals surface area contributed by atoms with Crippen LogP contribution in [0.5, 0.6) is 0 Å². The van der Waals surface area contributed by atoms with Crippen molar-refractivity contribution < 1.29 is 13.2 Å². The molecule has 1 unspecified atom stereocenters. The molecule has 23 heavy (non-hydrogen) atoms. The molecule has 0 aliphatic heterocycles. The molecule has 2 aromatic carbocycles. The van der Waals surface area contributed by atoms with Crippen LogP contribution >= 0.6 is 15.9 Å². The van der Waals surface area contributed by atoms with E-state index < -0.39 is 14.9 Å². The Morgan fingerprint density at radius 1 is 1.09 bits per heavy atom. The summed E-state index contributed by atoms with van der Waals surface area (Å²) in [5.41, 5.74) is 2.42. The van der Waals surface area contributed by atoms with Crippen LogP contribution in [-0.4, -0.2) is 32.6 Å². The van der Waals surface area contributed by atoms with Crippen molar-refractivity contribution in [1.29, 1.82) is 0 Å². The van der Waals surface area contributed by atoms with Crippen molar-refractivity contribution in [1.82, 2.24) is 4.31 Å². The Kier molecular flexibility index (Phi) is 5.39. The summed E-state index contributed by atoms with van der Waals surface area (Å²) in [5.74, 6) is -0.107. The average Bonchev–Trinajstić information content (AvgIpc) is 2.53. The lowest BCUT2D eigenvalue weighted by molar-refractivity contribution is 0.0991. The highest BCUT2D eigenvalue weighted by atomic mass is 79.9. The van der Waals surface area contributed by atoms with Crippen LogP contribution in [0.1, 0.15) is 26.3 Å². The summed E-state index contributed by atoms with van der Waals surface area (Å²) in [6.45, 7) is 1.97. The fraction of sp³-hybridized carbons (Fsp3) is 0.235. The van der Waals surface area contributed by atoms with Crippen LogP contribution < -0.4 is 0 Å². The van der Waals surface area contributed by atoms with E-state index in [1.54, 1.807) is 12.1 Å². The number of rotatable bonds is 5. The topological polar surface area (TPSA) is 54.5 Å². The Hall–Kier alpha value is -1.50. The first-order chi connectivity index (χ1) is 10.7. The molecule has 0 aliphatic carbocycles. The molecule has 1 atom stereocenters. The smallest absolute Gasteiger partial charge is 0.242 e. The van der Waals surface area contributed by atoms with Gasteiger partial charge in [-0.3, -0.25) is 4.79 Å². The number of hydrogen-bond acceptors (Lipinski definition) is 3. The van der Waals surface area contributed by atoms with Crippen molar-refractivity contribution in [2.24, 2.45) is 0 Å². The Bertz CT molecular complexity index is 814. The van der Waals surface area contributed by atoms with Crippen molar-refractivity contribution in [3.05, 3.63) is 65.2 Å². The summed E-state index contributed by atoms with van der Waals surface area (Å²) < 4.78 is 25.2. The number of halogens is 1. The number of carbonyl (C=O) groups is 1. The van der Waals surface area contributed by atoms with Crippen LogP contribution in [0.3, 0.4) is 0 Å². The van der Waals surface area contributed by atoms with Crippen LogP contribution in [0.4, 0.5) is 0 Å². The number of Topliss-reactive ketones (excluding diaryl/α,β-unsaturated/α-hetero) is 1. The normalized spacial score (nSPS) is 13.1. The van der Waals surface area contributed by atoms with Gasteiger partial charge in [-0.25, -0.2) is 12.7 Å². The van der Waals surface area contributed by atoms with E-state index in [4.69, 9.17) is 0 Å². The van der Waals surface area contributed by atoms with Crippen LogP contribution in [-0.2, 0) is 10.0 Å². The number of alkyl halides is 1. The van der Waals surface area contributed by atoms with E-state index in [-0.39, 0.29) is 10.7 Å². The molecule has 122 valence electrons. The number of carbonyl (C=O) groups excluding carboxylic acids is 1. The molecule has 0 aliphatic rings. The third-order valence-electron chi connectivity index (χ3n) is 3.48. The zero-order valence-corrected chi connectivity index (χ0v) is 15.6. The predicted octanol–water partition coefficient (Wildman–Crippen LogP) is 3.56. The molecule has 2 aromatic rings. The lowest BCUT2D eigenvalue weighted by atomic mass is 10.0. The molecule has 0 heterocycles. The maximum atomic E-state index is 12.5. The summed E-state index contributed by atoms with van der Waals surface area (Å²) in [7, 11) is -0.541. The monoisotopic (exact) mass is 395 g/mol. The second-order valence-corrected chi connectivity index (χ2v) is 8.52. The number of hydrogen-bond donors (Lipinski definition) is 0. The highest BCUT2D eigenvalue weighted by molar-refractivity contribution is 9.09. The van der Waals surface area contributed by atoms with Gasteiger partial charge in [0.05, 0.1) is 4.90 Å². The predicted molar refractivity (Wildman–Crippen MR) is 94.5 cm³/mol. The molecule has 0 aromatic heterocycles. The van der Waals surface area contributed by atoms with Gasteiger partial charge in [0.1, 0.15) is 4.83 Å². The van der Waals surface area contributed by atoms with Gasteiger partial charge in [-0.05, 0) is 24.6 Å². The van der Waals surface area contributed by atoms with E-state index in [1.165, 1.54) is 26.2 Å². The zero-order chi connectivity index (χ0) is 17.2. The van der Waals surface area contributed by atoms with E-state index in [2.05, 4.69) is 15.9 Å². The zero-order valence-electron chi connectivity index (χ0n) is 13.2. The first-order valence-electron chi connectivity index (χ1n) is 7.01. The highest BCUT2D eigenvalue weighted by Crippen LogP contribution is 2.28. The lowest BCUT2D eigenvalue weighted by Gasteiger charge is -2.13. The molecular weight excluding hydrogens is 378 g/mol. The Balaban J connectivity index is 2.27. The van der Waals surface area contributed by atoms with E-state index in [0.29, 0.717) is 5.56 Å². The molecular formula is C17H18BrNO3S. The summed E-state index contributed by atoms with van der Waals surface area (Å²) in [6, 6.07) is 13.7. The quantitative estimate of drug-likeness (QED) is 0.574. The van der Waals surface area contributed by atoms with Gasteiger partial charge in [-0.15, -0.1) is 0 Å². The second-order valence-electron chi connectivity index (χ2n) is 5.45. The molecule has 0 saturated heterocycles. The number of sulfonamides is 1. The minimum Gasteiger partial charge on any atom is -0.293 e. The third-order valence-corrected chi connectivity index (χ3v) is 6.26. The van der Waals surface area contributed by atoms with E-state index in [1.807, 2.05) is 31.2 Å². The minimum atomic E-state index is -3.49. The van der Waals surface area contributed by atoms with Gasteiger partial charge in [0, 0.05) is 19.7 Å². The summed E-state index contributed by atoms with van der Waals surface area (Å²) in [6.07, 6.45) is 0. The molecule has 0 saturated carbocycles. The van der Waals surface area contributed by atoms with E-state index in [9.17, 15) is 13.2 Å².